The molecule has 0 saturated carbocycles. The third-order valence-electron chi connectivity index (χ3n) is 1.96. The zero-order valence-corrected chi connectivity index (χ0v) is 10.1. The van der Waals surface area contributed by atoms with Gasteiger partial charge in [-0.15, -0.1) is 0 Å². The highest BCUT2D eigenvalue weighted by molar-refractivity contribution is 7.83. The predicted octanol–water partition coefficient (Wildman–Crippen LogP) is 2.86. The molecule has 16 heavy (non-hydrogen) atoms. The van der Waals surface area contributed by atoms with Crippen LogP contribution in [0.25, 0.3) is 0 Å². The van der Waals surface area contributed by atoms with Crippen LogP contribution < -0.4 is 4.72 Å². The van der Waals surface area contributed by atoms with Crippen LogP contribution in [0.15, 0.2) is 66.2 Å². The molecule has 0 aliphatic heterocycles. The Bertz CT molecular complexity index is 432. The van der Waals surface area contributed by atoms with E-state index in [0.29, 0.717) is 5.70 Å². The lowest BCUT2D eigenvalue weighted by atomic mass is 10.2. The summed E-state index contributed by atoms with van der Waals surface area (Å²) in [5, 5.41) is 0. The number of hydrogen-bond acceptors (Lipinski definition) is 1. The molecule has 0 radical (unpaired) electrons. The molecule has 1 unspecified atom stereocenters. The third-order valence-corrected chi connectivity index (χ3v) is 3.08. The van der Waals surface area contributed by atoms with E-state index >= 15 is 0 Å². The molecular formula is C13H15NOS. The van der Waals surface area contributed by atoms with E-state index < -0.39 is 11.0 Å². The van der Waals surface area contributed by atoms with Crippen molar-refractivity contribution in [3.05, 3.63) is 66.9 Å². The second kappa shape index (κ2) is 6.08. The third kappa shape index (κ3) is 3.51. The number of benzene rings is 1. The Kier molecular flexibility index (Phi) is 4.73. The van der Waals surface area contributed by atoms with E-state index in [2.05, 4.69) is 17.9 Å². The van der Waals surface area contributed by atoms with E-state index in [4.69, 9.17) is 0 Å². The molecule has 1 atom stereocenters. The van der Waals surface area contributed by atoms with Gasteiger partial charge in [0.15, 0.2) is 0 Å². The maximum absolute atomic E-state index is 11.9. The van der Waals surface area contributed by atoms with Gasteiger partial charge in [0.05, 0.1) is 4.90 Å². The molecule has 0 heterocycles. The van der Waals surface area contributed by atoms with Crippen molar-refractivity contribution in [1.29, 1.82) is 0 Å². The fourth-order valence-electron chi connectivity index (χ4n) is 1.10. The highest BCUT2D eigenvalue weighted by Crippen LogP contribution is 2.08. The van der Waals surface area contributed by atoms with E-state index in [1.807, 2.05) is 31.2 Å². The molecule has 2 nitrogen and oxygen atoms in total. The SMILES string of the molecule is C=C/C=C(\C=C)NS(=O)c1ccc(C)cc1. The van der Waals surface area contributed by atoms with Gasteiger partial charge in [0.25, 0.3) is 0 Å². The van der Waals surface area contributed by atoms with Gasteiger partial charge in [-0.2, -0.15) is 0 Å². The summed E-state index contributed by atoms with van der Waals surface area (Å²) in [6.45, 7) is 9.20. The van der Waals surface area contributed by atoms with Crippen LogP contribution in [0.3, 0.4) is 0 Å². The van der Waals surface area contributed by atoms with Crippen LogP contribution in [0, 0.1) is 6.92 Å². The zero-order chi connectivity index (χ0) is 12.0. The smallest absolute Gasteiger partial charge is 0.150 e. The average molecular weight is 233 g/mol. The van der Waals surface area contributed by atoms with Gasteiger partial charge < -0.3 is 4.72 Å². The summed E-state index contributed by atoms with van der Waals surface area (Å²) in [5.41, 5.74) is 1.83. The normalized spacial score (nSPS) is 12.9. The molecule has 3 heteroatoms. The molecule has 1 aromatic carbocycles. The Labute approximate surface area is 99.0 Å². The molecule has 1 aromatic rings. The van der Waals surface area contributed by atoms with Crippen LogP contribution in [0.1, 0.15) is 5.56 Å². The van der Waals surface area contributed by atoms with Crippen LogP contribution in [0.4, 0.5) is 0 Å². The topological polar surface area (TPSA) is 29.1 Å². The highest BCUT2D eigenvalue weighted by atomic mass is 32.2. The maximum atomic E-state index is 11.9. The second-order valence-electron chi connectivity index (χ2n) is 3.25. The van der Waals surface area contributed by atoms with Gasteiger partial charge >= 0.3 is 0 Å². The first-order chi connectivity index (χ1) is 7.67. The Balaban J connectivity index is 2.79. The standard InChI is InChI=1S/C13H15NOS/c1-4-6-12(5-2)14-16(15)13-9-7-11(3)8-10-13/h4-10,14H,1-2H2,3H3/b12-6+. The Morgan fingerprint density at radius 3 is 2.44 bits per heavy atom. The summed E-state index contributed by atoms with van der Waals surface area (Å²) in [7, 11) is -1.26. The fourth-order valence-corrected chi connectivity index (χ4v) is 1.97. The lowest BCUT2D eigenvalue weighted by molar-refractivity contribution is 0.678. The molecule has 0 amide bonds. The fraction of sp³-hybridized carbons (Fsp3) is 0.0769. The first-order valence-corrected chi connectivity index (χ1v) is 6.02. The molecule has 0 aliphatic carbocycles. The number of nitrogens with one attached hydrogen (secondary N) is 1. The zero-order valence-electron chi connectivity index (χ0n) is 9.27. The molecule has 0 spiro atoms. The molecule has 0 bridgehead atoms. The van der Waals surface area contributed by atoms with Gasteiger partial charge in [0.2, 0.25) is 0 Å². The van der Waals surface area contributed by atoms with Gasteiger partial charge in [0, 0.05) is 5.70 Å². The van der Waals surface area contributed by atoms with Crippen molar-refractivity contribution >= 4 is 11.0 Å². The van der Waals surface area contributed by atoms with Crippen molar-refractivity contribution < 1.29 is 4.21 Å². The van der Waals surface area contributed by atoms with E-state index in [-0.39, 0.29) is 0 Å². The molecular weight excluding hydrogens is 218 g/mol. The van der Waals surface area contributed by atoms with Crippen molar-refractivity contribution in [2.45, 2.75) is 11.8 Å². The summed E-state index contributed by atoms with van der Waals surface area (Å²) >= 11 is 0. The molecule has 0 aliphatic rings. The molecule has 0 fully saturated rings. The average Bonchev–Trinajstić information content (AvgIpc) is 2.29. The van der Waals surface area contributed by atoms with Crippen LogP contribution >= 0.6 is 0 Å². The van der Waals surface area contributed by atoms with Crippen molar-refractivity contribution in [3.63, 3.8) is 0 Å². The summed E-state index contributed by atoms with van der Waals surface area (Å²) in [6.07, 6.45) is 4.95. The summed E-state index contributed by atoms with van der Waals surface area (Å²) in [4.78, 5) is 0.738. The monoisotopic (exact) mass is 233 g/mol. The van der Waals surface area contributed by atoms with E-state index in [9.17, 15) is 4.21 Å². The van der Waals surface area contributed by atoms with Gasteiger partial charge in [-0.3, -0.25) is 0 Å². The second-order valence-corrected chi connectivity index (χ2v) is 4.46. The van der Waals surface area contributed by atoms with E-state index in [1.54, 1.807) is 18.2 Å². The van der Waals surface area contributed by atoms with Gasteiger partial charge in [-0.25, -0.2) is 4.21 Å². The minimum Gasteiger partial charge on any atom is -0.301 e. The first kappa shape index (κ1) is 12.5. The summed E-state index contributed by atoms with van der Waals surface area (Å²) in [5.74, 6) is 0. The molecule has 1 N–H and O–H groups in total. The lowest BCUT2D eigenvalue weighted by Gasteiger charge is -2.06. The minimum absolute atomic E-state index is 0.689. The van der Waals surface area contributed by atoms with Crippen LogP contribution in [-0.4, -0.2) is 4.21 Å². The van der Waals surface area contributed by atoms with Crippen LogP contribution in [0.2, 0.25) is 0 Å². The lowest BCUT2D eigenvalue weighted by Crippen LogP contribution is -2.15. The molecule has 0 saturated heterocycles. The highest BCUT2D eigenvalue weighted by Gasteiger charge is 2.02. The Hall–Kier alpha value is -1.61. The van der Waals surface area contributed by atoms with Gasteiger partial charge in [0.1, 0.15) is 11.0 Å². The van der Waals surface area contributed by atoms with E-state index in [0.717, 1.165) is 10.5 Å². The molecule has 0 aromatic heterocycles. The van der Waals surface area contributed by atoms with E-state index in [1.165, 1.54) is 0 Å². The van der Waals surface area contributed by atoms with Crippen molar-refractivity contribution in [3.8, 4) is 0 Å². The van der Waals surface area contributed by atoms with Crippen LogP contribution in [0.5, 0.6) is 0 Å². The van der Waals surface area contributed by atoms with Crippen molar-refractivity contribution in [2.24, 2.45) is 0 Å². The number of hydrogen-bond donors (Lipinski definition) is 1. The number of rotatable bonds is 5. The van der Waals surface area contributed by atoms with Gasteiger partial charge in [-0.05, 0) is 31.2 Å². The van der Waals surface area contributed by atoms with Gasteiger partial charge in [-0.1, -0.05) is 36.9 Å². The minimum atomic E-state index is -1.26. The molecule has 84 valence electrons. The van der Waals surface area contributed by atoms with Crippen molar-refractivity contribution in [1.82, 2.24) is 4.72 Å². The number of allylic oxidation sites excluding steroid dienone is 3. The quantitative estimate of drug-likeness (QED) is 0.778. The molecule has 1 rings (SSSR count). The summed E-state index contributed by atoms with van der Waals surface area (Å²) < 4.78 is 14.7. The summed E-state index contributed by atoms with van der Waals surface area (Å²) in [6, 6.07) is 7.54. The largest absolute Gasteiger partial charge is 0.301 e. The Morgan fingerprint density at radius 1 is 1.31 bits per heavy atom. The first-order valence-electron chi connectivity index (χ1n) is 4.87. The Morgan fingerprint density at radius 2 is 1.94 bits per heavy atom. The predicted molar refractivity (Wildman–Crippen MR) is 69.2 cm³/mol. The van der Waals surface area contributed by atoms with Crippen LogP contribution in [-0.2, 0) is 11.0 Å². The van der Waals surface area contributed by atoms with Crippen molar-refractivity contribution in [2.75, 3.05) is 0 Å². The maximum Gasteiger partial charge on any atom is 0.150 e. The number of aryl methyl sites for hydroxylation is 1.